The molecule has 0 saturated heterocycles. The van der Waals surface area contributed by atoms with Gasteiger partial charge in [0.2, 0.25) is 0 Å². The predicted molar refractivity (Wildman–Crippen MR) is 55.2 cm³/mol. The van der Waals surface area contributed by atoms with Crippen molar-refractivity contribution in [3.63, 3.8) is 0 Å². The molecule has 0 bridgehead atoms. The summed E-state index contributed by atoms with van der Waals surface area (Å²) in [6.07, 6.45) is 0. The summed E-state index contributed by atoms with van der Waals surface area (Å²) in [6.45, 7) is 1.22. The van der Waals surface area contributed by atoms with Crippen LogP contribution in [0.2, 0.25) is 0 Å². The highest BCUT2D eigenvalue weighted by atomic mass is 32.2. The van der Waals surface area contributed by atoms with E-state index in [4.69, 9.17) is 14.8 Å². The molecule has 0 amide bonds. The molecule has 0 atom stereocenters. The van der Waals surface area contributed by atoms with Crippen LogP contribution in [0.4, 0.5) is 5.69 Å². The number of benzene rings is 1. The molecule has 4 N–H and O–H groups in total. The molecule has 7 nitrogen and oxygen atoms in total. The van der Waals surface area contributed by atoms with Gasteiger partial charge in [0.25, 0.3) is 20.2 Å². The van der Waals surface area contributed by atoms with Crippen molar-refractivity contribution in [2.75, 3.05) is 5.73 Å². The van der Waals surface area contributed by atoms with Gasteiger partial charge in [0.05, 0.1) is 0 Å². The number of nitrogen functional groups attached to an aromatic ring is 1. The van der Waals surface area contributed by atoms with Crippen LogP contribution in [0.3, 0.4) is 0 Å². The maximum absolute atomic E-state index is 11.0. The van der Waals surface area contributed by atoms with Crippen LogP contribution in [0.25, 0.3) is 0 Å². The first-order chi connectivity index (χ1) is 7.05. The fourth-order valence-electron chi connectivity index (χ4n) is 1.21. The van der Waals surface area contributed by atoms with E-state index in [0.29, 0.717) is 0 Å². The Bertz CT molecular complexity index is 631. The van der Waals surface area contributed by atoms with Crippen LogP contribution in [0.1, 0.15) is 5.56 Å². The second-order valence-corrected chi connectivity index (χ2v) is 5.81. The molecule has 0 aromatic heterocycles. The average Bonchev–Trinajstić information content (AvgIpc) is 2.05. The molecule has 0 aliphatic carbocycles. The third-order valence-corrected chi connectivity index (χ3v) is 4.01. The minimum Gasteiger partial charge on any atom is -0.398 e. The van der Waals surface area contributed by atoms with Crippen LogP contribution in [0.15, 0.2) is 21.9 Å². The van der Waals surface area contributed by atoms with Crippen molar-refractivity contribution in [3.05, 3.63) is 17.7 Å². The summed E-state index contributed by atoms with van der Waals surface area (Å²) >= 11 is 0. The maximum atomic E-state index is 11.0. The summed E-state index contributed by atoms with van der Waals surface area (Å²) < 4.78 is 61.5. The van der Waals surface area contributed by atoms with Crippen molar-refractivity contribution in [3.8, 4) is 0 Å². The highest BCUT2D eigenvalue weighted by Crippen LogP contribution is 2.28. The lowest BCUT2D eigenvalue weighted by atomic mass is 10.2. The minimum atomic E-state index is -4.79. The number of hydrogen-bond acceptors (Lipinski definition) is 5. The van der Waals surface area contributed by atoms with Crippen molar-refractivity contribution in [2.45, 2.75) is 16.7 Å². The fourth-order valence-corrected chi connectivity index (χ4v) is 3.29. The van der Waals surface area contributed by atoms with Crippen LogP contribution >= 0.6 is 0 Å². The number of rotatable bonds is 2. The van der Waals surface area contributed by atoms with Gasteiger partial charge in [0.1, 0.15) is 9.79 Å². The van der Waals surface area contributed by atoms with Gasteiger partial charge in [-0.15, -0.1) is 0 Å². The zero-order chi connectivity index (χ0) is 12.7. The smallest absolute Gasteiger partial charge is 0.296 e. The van der Waals surface area contributed by atoms with Gasteiger partial charge in [-0.1, -0.05) is 0 Å². The van der Waals surface area contributed by atoms with Gasteiger partial charge in [0.15, 0.2) is 0 Å². The van der Waals surface area contributed by atoms with E-state index < -0.39 is 30.0 Å². The zero-order valence-corrected chi connectivity index (χ0v) is 9.71. The Balaban J connectivity index is 3.88. The van der Waals surface area contributed by atoms with Gasteiger partial charge in [0, 0.05) is 5.69 Å². The minimum absolute atomic E-state index is 0.0139. The van der Waals surface area contributed by atoms with E-state index >= 15 is 0 Å². The van der Waals surface area contributed by atoms with Gasteiger partial charge in [-0.25, -0.2) is 0 Å². The fraction of sp³-hybridized carbons (Fsp3) is 0.143. The van der Waals surface area contributed by atoms with E-state index in [1.807, 2.05) is 0 Å². The Labute approximate surface area is 92.4 Å². The lowest BCUT2D eigenvalue weighted by Crippen LogP contribution is -2.11. The molecule has 9 heteroatoms. The van der Waals surface area contributed by atoms with Crippen LogP contribution in [-0.2, 0) is 20.2 Å². The molecule has 0 unspecified atom stereocenters. The Morgan fingerprint density at radius 3 is 1.94 bits per heavy atom. The standard InChI is InChI=1S/C7H9NO6S2/c1-4-5(8)2-3-6(15(9,10)11)7(4)16(12,13)14/h2-3H,8H2,1H3,(H,9,10,11)(H,12,13,14). The van der Waals surface area contributed by atoms with Gasteiger partial charge in [-0.05, 0) is 24.6 Å². The van der Waals surface area contributed by atoms with Crippen molar-refractivity contribution in [2.24, 2.45) is 0 Å². The van der Waals surface area contributed by atoms with Crippen LogP contribution in [0.5, 0.6) is 0 Å². The summed E-state index contributed by atoms with van der Waals surface area (Å²) in [5, 5.41) is 0. The van der Waals surface area contributed by atoms with Gasteiger partial charge in [-0.2, -0.15) is 16.8 Å². The molecule has 1 rings (SSSR count). The zero-order valence-electron chi connectivity index (χ0n) is 8.08. The predicted octanol–water partition coefficient (Wildman–Crippen LogP) is 0.0706. The summed E-state index contributed by atoms with van der Waals surface area (Å²) in [4.78, 5) is -1.81. The lowest BCUT2D eigenvalue weighted by Gasteiger charge is -2.09. The normalized spacial score (nSPS) is 12.7. The highest BCUT2D eigenvalue weighted by Gasteiger charge is 2.26. The summed E-state index contributed by atoms with van der Waals surface area (Å²) in [7, 11) is -9.54. The monoisotopic (exact) mass is 267 g/mol. The Hall–Kier alpha value is -1.16. The van der Waals surface area contributed by atoms with Crippen LogP contribution < -0.4 is 5.73 Å². The Kier molecular flexibility index (Phi) is 2.98. The van der Waals surface area contributed by atoms with E-state index in [1.165, 1.54) is 6.92 Å². The quantitative estimate of drug-likeness (QED) is 0.509. The molecule has 1 aromatic rings. The molecular formula is C7H9NO6S2. The van der Waals surface area contributed by atoms with E-state index in [2.05, 4.69) is 0 Å². The molecule has 0 fully saturated rings. The largest absolute Gasteiger partial charge is 0.398 e. The van der Waals surface area contributed by atoms with Gasteiger partial charge in [-0.3, -0.25) is 9.11 Å². The highest BCUT2D eigenvalue weighted by molar-refractivity contribution is 7.89. The van der Waals surface area contributed by atoms with E-state index in [9.17, 15) is 16.8 Å². The lowest BCUT2D eigenvalue weighted by molar-refractivity contribution is 0.466. The Morgan fingerprint density at radius 1 is 1.06 bits per heavy atom. The van der Waals surface area contributed by atoms with Crippen LogP contribution in [0, 0.1) is 6.92 Å². The SMILES string of the molecule is Cc1c(N)ccc(S(=O)(=O)O)c1S(=O)(=O)O. The van der Waals surface area contributed by atoms with E-state index in [-0.39, 0.29) is 11.3 Å². The van der Waals surface area contributed by atoms with E-state index in [1.54, 1.807) is 0 Å². The first-order valence-corrected chi connectivity index (χ1v) is 6.77. The molecule has 0 aliphatic rings. The third kappa shape index (κ3) is 2.32. The molecule has 1 aromatic carbocycles. The second kappa shape index (κ2) is 3.70. The molecule has 0 heterocycles. The average molecular weight is 267 g/mol. The summed E-state index contributed by atoms with van der Waals surface area (Å²) in [5.41, 5.74) is 5.22. The molecule has 16 heavy (non-hydrogen) atoms. The van der Waals surface area contributed by atoms with Crippen molar-refractivity contribution >= 4 is 25.9 Å². The molecule has 0 spiro atoms. The summed E-state index contributed by atoms with van der Waals surface area (Å²) in [5.74, 6) is 0. The first kappa shape index (κ1) is 12.9. The van der Waals surface area contributed by atoms with Crippen molar-refractivity contribution in [1.82, 2.24) is 0 Å². The topological polar surface area (TPSA) is 135 Å². The van der Waals surface area contributed by atoms with Crippen molar-refractivity contribution in [1.29, 1.82) is 0 Å². The first-order valence-electron chi connectivity index (χ1n) is 3.89. The Morgan fingerprint density at radius 2 is 1.56 bits per heavy atom. The maximum Gasteiger partial charge on any atom is 0.296 e. The summed E-state index contributed by atoms with van der Waals surface area (Å²) in [6, 6.07) is 1.92. The molecular weight excluding hydrogens is 258 g/mol. The molecule has 0 radical (unpaired) electrons. The second-order valence-electron chi connectivity index (χ2n) is 3.06. The number of nitrogens with two attached hydrogens (primary N) is 1. The molecule has 0 aliphatic heterocycles. The molecule has 90 valence electrons. The van der Waals surface area contributed by atoms with Crippen LogP contribution in [-0.4, -0.2) is 25.9 Å². The van der Waals surface area contributed by atoms with Gasteiger partial charge >= 0.3 is 0 Å². The molecule has 0 saturated carbocycles. The number of anilines is 1. The number of hydrogen-bond donors (Lipinski definition) is 3. The third-order valence-electron chi connectivity index (χ3n) is 1.95. The van der Waals surface area contributed by atoms with Crippen molar-refractivity contribution < 1.29 is 25.9 Å². The van der Waals surface area contributed by atoms with Gasteiger partial charge < -0.3 is 5.73 Å². The van der Waals surface area contributed by atoms with E-state index in [0.717, 1.165) is 12.1 Å².